The molecule has 0 radical (unpaired) electrons. The number of hydrogen-bond donors (Lipinski definition) is 2. The van der Waals surface area contributed by atoms with E-state index < -0.39 is 12.2 Å². The summed E-state index contributed by atoms with van der Waals surface area (Å²) in [5, 5.41) is 22.6. The Bertz CT molecular complexity index is 1660. The lowest BCUT2D eigenvalue weighted by molar-refractivity contribution is 0.221. The van der Waals surface area contributed by atoms with E-state index in [2.05, 4.69) is 11.8 Å². The van der Waals surface area contributed by atoms with Crippen molar-refractivity contribution in [3.05, 3.63) is 148 Å². The van der Waals surface area contributed by atoms with E-state index in [4.69, 9.17) is 0 Å². The van der Waals surface area contributed by atoms with E-state index in [-0.39, 0.29) is 5.43 Å². The van der Waals surface area contributed by atoms with Gasteiger partial charge in [-0.15, -0.1) is 11.3 Å². The van der Waals surface area contributed by atoms with Gasteiger partial charge >= 0.3 is 0 Å². The molecule has 0 aliphatic heterocycles. The van der Waals surface area contributed by atoms with Gasteiger partial charge in [0, 0.05) is 26.1 Å². The lowest BCUT2D eigenvalue weighted by Crippen LogP contribution is -2.08. The minimum Gasteiger partial charge on any atom is -0.383 e. The summed E-state index contributed by atoms with van der Waals surface area (Å²) < 4.78 is 0.888. The van der Waals surface area contributed by atoms with Gasteiger partial charge in [-0.05, 0) is 34.9 Å². The van der Waals surface area contributed by atoms with Crippen LogP contribution in [0.1, 0.15) is 28.9 Å². The molecule has 180 valence electrons. The van der Waals surface area contributed by atoms with Gasteiger partial charge < -0.3 is 10.2 Å². The van der Waals surface area contributed by atoms with E-state index >= 15 is 0 Å². The minimum absolute atomic E-state index is 0.128. The zero-order valence-electron chi connectivity index (χ0n) is 19.9. The number of benzene rings is 4. The van der Waals surface area contributed by atoms with Crippen LogP contribution in [0.5, 0.6) is 0 Å². The molecule has 0 aliphatic carbocycles. The Balaban J connectivity index is 1.72. The standard InChI is InChI=1S/C33H24O3S/c34-29(23-12-4-1-5-13-23)21-20-26(31(35)24-14-6-2-7-15-24)22-28-32(36)27-18-10-11-19-30(27)37-33(28)25-16-8-3-9-17-25/h1-19,22,29,31,34-35H/b26-22+. The lowest BCUT2D eigenvalue weighted by atomic mass is 9.97. The van der Waals surface area contributed by atoms with Crippen molar-refractivity contribution in [2.75, 3.05) is 0 Å². The number of aliphatic hydroxyl groups excluding tert-OH is 2. The van der Waals surface area contributed by atoms with E-state index in [0.717, 1.165) is 15.1 Å². The van der Waals surface area contributed by atoms with Crippen LogP contribution in [-0.4, -0.2) is 10.2 Å². The van der Waals surface area contributed by atoms with Gasteiger partial charge in [0.05, 0.1) is 0 Å². The second-order valence-corrected chi connectivity index (χ2v) is 9.58. The highest BCUT2D eigenvalue weighted by Gasteiger charge is 2.17. The summed E-state index contributed by atoms with van der Waals surface area (Å²) in [6.07, 6.45) is -0.431. The minimum atomic E-state index is -1.07. The van der Waals surface area contributed by atoms with Gasteiger partial charge in [0.25, 0.3) is 0 Å². The average Bonchev–Trinajstić information content (AvgIpc) is 2.97. The molecule has 2 atom stereocenters. The molecule has 0 fully saturated rings. The smallest absolute Gasteiger partial charge is 0.195 e. The molecule has 4 heteroatoms. The first kappa shape index (κ1) is 24.4. The Labute approximate surface area is 219 Å². The fraction of sp³-hybridized carbons (Fsp3) is 0.0606. The molecule has 4 aromatic carbocycles. The van der Waals surface area contributed by atoms with E-state index in [1.165, 1.54) is 11.3 Å². The predicted molar refractivity (Wildman–Crippen MR) is 152 cm³/mol. The molecule has 5 aromatic rings. The molecule has 2 N–H and O–H groups in total. The Morgan fingerprint density at radius 1 is 0.730 bits per heavy atom. The van der Waals surface area contributed by atoms with E-state index in [1.807, 2.05) is 103 Å². The Kier molecular flexibility index (Phi) is 7.39. The van der Waals surface area contributed by atoms with Gasteiger partial charge in [-0.1, -0.05) is 115 Å². The van der Waals surface area contributed by atoms with Crippen molar-refractivity contribution in [2.24, 2.45) is 0 Å². The fourth-order valence-corrected chi connectivity index (χ4v) is 5.27. The van der Waals surface area contributed by atoms with Gasteiger partial charge in [0.1, 0.15) is 12.2 Å². The highest BCUT2D eigenvalue weighted by Crippen LogP contribution is 2.34. The normalized spacial score (nSPS) is 13.0. The van der Waals surface area contributed by atoms with Gasteiger partial charge in [0.15, 0.2) is 5.43 Å². The zero-order valence-corrected chi connectivity index (χ0v) is 20.7. The highest BCUT2D eigenvalue weighted by atomic mass is 32.1. The first-order chi connectivity index (χ1) is 18.1. The number of aliphatic hydroxyl groups is 2. The second-order valence-electron chi connectivity index (χ2n) is 8.53. The first-order valence-electron chi connectivity index (χ1n) is 11.9. The van der Waals surface area contributed by atoms with Crippen LogP contribution in [0.4, 0.5) is 0 Å². The number of hydrogen-bond acceptors (Lipinski definition) is 4. The predicted octanol–water partition coefficient (Wildman–Crippen LogP) is 6.78. The molecule has 0 amide bonds. The van der Waals surface area contributed by atoms with Gasteiger partial charge in [-0.25, -0.2) is 0 Å². The summed E-state index contributed by atoms with van der Waals surface area (Å²) in [5.74, 6) is 5.86. The van der Waals surface area contributed by atoms with Gasteiger partial charge in [0.2, 0.25) is 0 Å². The van der Waals surface area contributed by atoms with Crippen LogP contribution in [-0.2, 0) is 0 Å². The first-order valence-corrected chi connectivity index (χ1v) is 12.7. The van der Waals surface area contributed by atoms with Crippen molar-refractivity contribution in [2.45, 2.75) is 12.2 Å². The molecule has 0 aliphatic rings. The third kappa shape index (κ3) is 5.45. The Hall–Kier alpha value is -4.27. The molecule has 0 saturated carbocycles. The van der Waals surface area contributed by atoms with Crippen LogP contribution >= 0.6 is 11.3 Å². The topological polar surface area (TPSA) is 57.5 Å². The third-order valence-corrected chi connectivity index (χ3v) is 7.28. The van der Waals surface area contributed by atoms with E-state index in [9.17, 15) is 15.0 Å². The van der Waals surface area contributed by atoms with Crippen molar-refractivity contribution in [1.29, 1.82) is 0 Å². The van der Waals surface area contributed by atoms with Crippen molar-refractivity contribution in [3.8, 4) is 22.3 Å². The van der Waals surface area contributed by atoms with Crippen molar-refractivity contribution in [3.63, 3.8) is 0 Å². The molecule has 37 heavy (non-hydrogen) atoms. The maximum Gasteiger partial charge on any atom is 0.195 e. The van der Waals surface area contributed by atoms with Gasteiger partial charge in [-0.3, -0.25) is 4.79 Å². The molecule has 5 rings (SSSR count). The quantitative estimate of drug-likeness (QED) is 0.262. The molecular weight excluding hydrogens is 476 g/mol. The summed E-state index contributed by atoms with van der Waals surface area (Å²) in [5.41, 5.74) is 2.88. The Morgan fingerprint density at radius 3 is 1.97 bits per heavy atom. The molecule has 0 saturated heterocycles. The maximum atomic E-state index is 13.8. The Morgan fingerprint density at radius 2 is 1.30 bits per heavy atom. The molecule has 1 aromatic heterocycles. The van der Waals surface area contributed by atoms with Crippen molar-refractivity contribution in [1.82, 2.24) is 0 Å². The monoisotopic (exact) mass is 500 g/mol. The lowest BCUT2D eigenvalue weighted by Gasteiger charge is -2.13. The average molecular weight is 501 g/mol. The highest BCUT2D eigenvalue weighted by molar-refractivity contribution is 7.21. The molecule has 0 bridgehead atoms. The largest absolute Gasteiger partial charge is 0.383 e. The summed E-state index contributed by atoms with van der Waals surface area (Å²) in [4.78, 5) is 14.6. The van der Waals surface area contributed by atoms with Crippen LogP contribution in [0.2, 0.25) is 0 Å². The number of rotatable bonds is 5. The van der Waals surface area contributed by atoms with Gasteiger partial charge in [-0.2, -0.15) is 0 Å². The summed E-state index contributed by atoms with van der Waals surface area (Å²) in [6, 6.07) is 35.6. The van der Waals surface area contributed by atoms with Crippen LogP contribution < -0.4 is 5.43 Å². The molecule has 2 unspecified atom stereocenters. The molecule has 0 spiro atoms. The van der Waals surface area contributed by atoms with Crippen LogP contribution in [0, 0.1) is 11.8 Å². The molecule has 1 heterocycles. The summed E-state index contributed by atoms with van der Waals surface area (Å²) in [6.45, 7) is 0. The fourth-order valence-electron chi connectivity index (χ4n) is 4.12. The maximum absolute atomic E-state index is 13.8. The van der Waals surface area contributed by atoms with Crippen LogP contribution in [0.15, 0.2) is 126 Å². The SMILES string of the molecule is O=c1c(/C=C(\C#CC(O)c2ccccc2)C(O)c2ccccc2)c(-c2ccccc2)sc2ccccc12. The number of fused-ring (bicyclic) bond motifs is 1. The van der Waals surface area contributed by atoms with Crippen molar-refractivity contribution < 1.29 is 10.2 Å². The summed E-state index contributed by atoms with van der Waals surface area (Å²) >= 11 is 1.53. The zero-order chi connectivity index (χ0) is 25.6. The second kappa shape index (κ2) is 11.2. The van der Waals surface area contributed by atoms with Crippen LogP contribution in [0.3, 0.4) is 0 Å². The molecule has 3 nitrogen and oxygen atoms in total. The van der Waals surface area contributed by atoms with Crippen LogP contribution in [0.25, 0.3) is 26.6 Å². The molecular formula is C33H24O3S. The summed E-state index contributed by atoms with van der Waals surface area (Å²) in [7, 11) is 0. The van der Waals surface area contributed by atoms with E-state index in [0.29, 0.717) is 27.6 Å². The van der Waals surface area contributed by atoms with E-state index in [1.54, 1.807) is 18.2 Å². The third-order valence-electron chi connectivity index (χ3n) is 6.05. The van der Waals surface area contributed by atoms with Crippen molar-refractivity contribution >= 4 is 27.5 Å².